The van der Waals surface area contributed by atoms with E-state index < -0.39 is 0 Å². The number of amides is 1. The summed E-state index contributed by atoms with van der Waals surface area (Å²) < 4.78 is 5.61. The van der Waals surface area contributed by atoms with Crippen molar-refractivity contribution in [3.8, 4) is 11.5 Å². The van der Waals surface area contributed by atoms with Gasteiger partial charge in [-0.25, -0.2) is 9.98 Å². The van der Waals surface area contributed by atoms with Gasteiger partial charge in [-0.05, 0) is 24.6 Å². The van der Waals surface area contributed by atoms with Gasteiger partial charge in [0.15, 0.2) is 5.96 Å². The Hall–Kier alpha value is -3.61. The van der Waals surface area contributed by atoms with Crippen LogP contribution in [-0.4, -0.2) is 42.4 Å². The van der Waals surface area contributed by atoms with E-state index in [1.807, 2.05) is 61.5 Å². The van der Waals surface area contributed by atoms with Crippen LogP contribution in [0.4, 0.5) is 0 Å². The maximum absolute atomic E-state index is 11.9. The van der Waals surface area contributed by atoms with Crippen LogP contribution in [0, 0.1) is 6.92 Å². The van der Waals surface area contributed by atoms with Crippen LogP contribution in [0.3, 0.4) is 0 Å². The fourth-order valence-electron chi connectivity index (χ4n) is 2.64. The molecule has 0 radical (unpaired) electrons. The number of nitrogens with zero attached hydrogens (tertiary/aromatic N) is 3. The highest BCUT2D eigenvalue weighted by Gasteiger charge is 2.09. The molecule has 1 heterocycles. The van der Waals surface area contributed by atoms with E-state index in [2.05, 4.69) is 20.6 Å². The molecular formula is C23H27N5O2. The molecule has 0 unspecified atom stereocenters. The van der Waals surface area contributed by atoms with Gasteiger partial charge in [0.05, 0.1) is 25.3 Å². The van der Waals surface area contributed by atoms with Crippen molar-refractivity contribution in [2.45, 2.75) is 20.0 Å². The third-order valence-electron chi connectivity index (χ3n) is 4.46. The van der Waals surface area contributed by atoms with E-state index in [1.54, 1.807) is 20.4 Å². The van der Waals surface area contributed by atoms with Crippen molar-refractivity contribution in [1.82, 2.24) is 20.5 Å². The zero-order valence-corrected chi connectivity index (χ0v) is 17.6. The van der Waals surface area contributed by atoms with Gasteiger partial charge in [-0.1, -0.05) is 48.0 Å². The van der Waals surface area contributed by atoms with Crippen LogP contribution < -0.4 is 10.6 Å². The van der Waals surface area contributed by atoms with E-state index in [1.165, 1.54) is 10.5 Å². The number of aromatic nitrogens is 1. The lowest BCUT2D eigenvalue weighted by atomic mass is 10.1. The van der Waals surface area contributed by atoms with E-state index in [-0.39, 0.29) is 12.5 Å². The molecule has 0 fully saturated rings. The quantitative estimate of drug-likeness (QED) is 0.466. The number of carbonyl (C=O) groups is 1. The number of benzene rings is 2. The third kappa shape index (κ3) is 6.20. The number of rotatable bonds is 7. The molecular weight excluding hydrogens is 378 g/mol. The highest BCUT2D eigenvalue weighted by Crippen LogP contribution is 2.19. The van der Waals surface area contributed by atoms with Crippen molar-refractivity contribution < 1.29 is 9.21 Å². The number of aliphatic imine (C=N–C) groups is 1. The molecule has 1 amide bonds. The lowest BCUT2D eigenvalue weighted by Crippen LogP contribution is -2.42. The molecule has 156 valence electrons. The molecule has 2 aromatic carbocycles. The van der Waals surface area contributed by atoms with Gasteiger partial charge in [0, 0.05) is 19.7 Å². The first-order valence-electron chi connectivity index (χ1n) is 9.79. The third-order valence-corrected chi connectivity index (χ3v) is 4.46. The first-order valence-corrected chi connectivity index (χ1v) is 9.79. The monoisotopic (exact) mass is 405 g/mol. The number of aryl methyl sites for hydroxylation is 1. The molecule has 0 aliphatic heterocycles. The Morgan fingerprint density at radius 2 is 1.80 bits per heavy atom. The number of carbonyl (C=O) groups excluding carboxylic acids is 1. The Labute approximate surface area is 176 Å². The van der Waals surface area contributed by atoms with Gasteiger partial charge in [-0.3, -0.25) is 4.79 Å². The molecule has 0 saturated heterocycles. The first kappa shape index (κ1) is 21.1. The van der Waals surface area contributed by atoms with Crippen molar-refractivity contribution >= 4 is 11.9 Å². The number of likely N-dealkylation sites (N-methyl/N-ethyl adjacent to an activating group) is 1. The van der Waals surface area contributed by atoms with Gasteiger partial charge in [0.2, 0.25) is 11.8 Å². The number of guanidine groups is 1. The second kappa shape index (κ2) is 10.2. The summed E-state index contributed by atoms with van der Waals surface area (Å²) in [5.74, 6) is 1.08. The van der Waals surface area contributed by atoms with E-state index in [0.29, 0.717) is 24.9 Å². The van der Waals surface area contributed by atoms with Crippen molar-refractivity contribution in [3.05, 3.63) is 77.7 Å². The highest BCUT2D eigenvalue weighted by molar-refractivity contribution is 5.86. The smallest absolute Gasteiger partial charge is 0.241 e. The number of oxazole rings is 1. The van der Waals surface area contributed by atoms with Gasteiger partial charge in [0.25, 0.3) is 0 Å². The summed E-state index contributed by atoms with van der Waals surface area (Å²) in [5.41, 5.74) is 3.95. The predicted octanol–water partition coefficient (Wildman–Crippen LogP) is 2.97. The summed E-state index contributed by atoms with van der Waals surface area (Å²) >= 11 is 0. The lowest BCUT2D eigenvalue weighted by Gasteiger charge is -2.14. The molecule has 0 aliphatic rings. The van der Waals surface area contributed by atoms with E-state index in [9.17, 15) is 4.79 Å². The van der Waals surface area contributed by atoms with Crippen molar-refractivity contribution in [2.75, 3.05) is 20.6 Å². The highest BCUT2D eigenvalue weighted by atomic mass is 16.3. The molecule has 0 spiro atoms. The predicted molar refractivity (Wildman–Crippen MR) is 118 cm³/mol. The van der Waals surface area contributed by atoms with E-state index >= 15 is 0 Å². The minimum atomic E-state index is -0.0349. The summed E-state index contributed by atoms with van der Waals surface area (Å²) in [5, 5.41) is 6.30. The number of hydrogen-bond donors (Lipinski definition) is 2. The standard InChI is InChI=1S/C23H27N5O2/c1-17-9-11-19(12-10-17)22-27-20(16-30-22)14-25-23(26-15-21(29)28(2)3)24-13-18-7-5-4-6-8-18/h4-12,16H,13-15H2,1-3H3,(H2,24,25,26). The van der Waals surface area contributed by atoms with Crippen LogP contribution >= 0.6 is 0 Å². The number of nitrogens with one attached hydrogen (secondary N) is 2. The molecule has 1 aromatic heterocycles. The van der Waals surface area contributed by atoms with Crippen molar-refractivity contribution in [1.29, 1.82) is 0 Å². The Balaban J connectivity index is 1.65. The molecule has 3 rings (SSSR count). The fourth-order valence-corrected chi connectivity index (χ4v) is 2.64. The Morgan fingerprint density at radius 1 is 1.07 bits per heavy atom. The minimum Gasteiger partial charge on any atom is -0.444 e. The maximum atomic E-state index is 11.9. The van der Waals surface area contributed by atoms with Crippen LogP contribution in [0.2, 0.25) is 0 Å². The van der Waals surface area contributed by atoms with Gasteiger partial charge >= 0.3 is 0 Å². The van der Waals surface area contributed by atoms with Gasteiger partial charge < -0.3 is 20.0 Å². The Kier molecular flexibility index (Phi) is 7.21. The van der Waals surface area contributed by atoms with Gasteiger partial charge in [0.1, 0.15) is 6.26 Å². The molecule has 3 aromatic rings. The summed E-state index contributed by atoms with van der Waals surface area (Å²) in [7, 11) is 3.44. The van der Waals surface area contributed by atoms with Crippen LogP contribution in [0.15, 0.2) is 70.3 Å². The van der Waals surface area contributed by atoms with Crippen LogP contribution in [-0.2, 0) is 17.9 Å². The molecule has 0 bridgehead atoms. The van der Waals surface area contributed by atoms with Crippen molar-refractivity contribution in [3.63, 3.8) is 0 Å². The zero-order chi connectivity index (χ0) is 21.3. The van der Waals surface area contributed by atoms with Crippen molar-refractivity contribution in [2.24, 2.45) is 4.99 Å². The second-order valence-electron chi connectivity index (χ2n) is 7.16. The lowest BCUT2D eigenvalue weighted by molar-refractivity contribution is -0.127. The fraction of sp³-hybridized carbons (Fsp3) is 0.261. The molecule has 0 atom stereocenters. The topological polar surface area (TPSA) is 82.8 Å². The zero-order valence-electron chi connectivity index (χ0n) is 17.6. The molecule has 7 nitrogen and oxygen atoms in total. The SMILES string of the molecule is Cc1ccc(-c2nc(CNC(=NCc3ccccc3)NCC(=O)N(C)C)co2)cc1. The first-order chi connectivity index (χ1) is 14.5. The molecule has 2 N–H and O–H groups in total. The average molecular weight is 406 g/mol. The van der Waals surface area contributed by atoms with Crippen LogP contribution in [0.25, 0.3) is 11.5 Å². The normalized spacial score (nSPS) is 11.2. The molecule has 0 saturated carbocycles. The van der Waals surface area contributed by atoms with E-state index in [0.717, 1.165) is 16.8 Å². The average Bonchev–Trinajstić information content (AvgIpc) is 3.23. The molecule has 30 heavy (non-hydrogen) atoms. The van der Waals surface area contributed by atoms with Crippen LogP contribution in [0.1, 0.15) is 16.8 Å². The Bertz CT molecular complexity index is 978. The summed E-state index contributed by atoms with van der Waals surface area (Å²) in [6, 6.07) is 18.0. The second-order valence-corrected chi connectivity index (χ2v) is 7.16. The van der Waals surface area contributed by atoms with Gasteiger partial charge in [-0.2, -0.15) is 0 Å². The largest absolute Gasteiger partial charge is 0.444 e. The minimum absolute atomic E-state index is 0.0349. The van der Waals surface area contributed by atoms with Gasteiger partial charge in [-0.15, -0.1) is 0 Å². The molecule has 0 aliphatic carbocycles. The number of hydrogen-bond acceptors (Lipinski definition) is 4. The van der Waals surface area contributed by atoms with Crippen LogP contribution in [0.5, 0.6) is 0 Å². The summed E-state index contributed by atoms with van der Waals surface area (Å²) in [6.45, 7) is 3.12. The van der Waals surface area contributed by atoms with E-state index in [4.69, 9.17) is 4.42 Å². The summed E-state index contributed by atoms with van der Waals surface area (Å²) in [4.78, 5) is 22.6. The summed E-state index contributed by atoms with van der Waals surface area (Å²) in [6.07, 6.45) is 1.63. The molecule has 7 heteroatoms. The maximum Gasteiger partial charge on any atom is 0.241 e. The Morgan fingerprint density at radius 3 is 2.50 bits per heavy atom.